The van der Waals surface area contributed by atoms with Crippen molar-refractivity contribution in [1.82, 2.24) is 4.90 Å². The molecule has 0 saturated carbocycles. The van der Waals surface area contributed by atoms with Crippen LogP contribution < -0.4 is 14.8 Å². The third-order valence-electron chi connectivity index (χ3n) is 5.22. The first-order valence-electron chi connectivity index (χ1n) is 9.69. The van der Waals surface area contributed by atoms with Crippen LogP contribution in [-0.2, 0) is 4.79 Å². The highest BCUT2D eigenvalue weighted by atomic mass is 79.9. The number of benzene rings is 3. The molecule has 1 aliphatic rings. The molecule has 7 heteroatoms. The summed E-state index contributed by atoms with van der Waals surface area (Å²) in [6.07, 6.45) is 0. The van der Waals surface area contributed by atoms with Gasteiger partial charge in [0.15, 0.2) is 0 Å². The van der Waals surface area contributed by atoms with E-state index in [1.165, 1.54) is 7.11 Å². The fraction of sp³-hybridized carbons (Fsp3) is 0.167. The molecule has 0 aliphatic carbocycles. The van der Waals surface area contributed by atoms with Gasteiger partial charge in [-0.3, -0.25) is 9.59 Å². The van der Waals surface area contributed by atoms with E-state index in [0.717, 1.165) is 15.6 Å². The van der Waals surface area contributed by atoms with Crippen molar-refractivity contribution in [2.45, 2.75) is 6.04 Å². The molecule has 0 fully saturated rings. The number of halogens is 1. The van der Waals surface area contributed by atoms with Crippen LogP contribution in [0.2, 0.25) is 0 Å². The SMILES string of the molecule is COc1ccc(C(=O)N2CC(=O)Nc3ccc(Br)cc3C2c2ccccc2)c(OC)c1. The van der Waals surface area contributed by atoms with Gasteiger partial charge in [0.1, 0.15) is 18.0 Å². The first kappa shape index (κ1) is 20.9. The van der Waals surface area contributed by atoms with Gasteiger partial charge in [-0.1, -0.05) is 46.3 Å². The normalized spacial score (nSPS) is 15.5. The third-order valence-corrected chi connectivity index (χ3v) is 5.72. The van der Waals surface area contributed by atoms with E-state index in [-0.39, 0.29) is 18.4 Å². The number of amides is 2. The Hall–Kier alpha value is -3.32. The Morgan fingerprint density at radius 3 is 2.52 bits per heavy atom. The second kappa shape index (κ2) is 8.81. The number of carbonyl (C=O) groups excluding carboxylic acids is 2. The minimum Gasteiger partial charge on any atom is -0.497 e. The molecule has 1 N–H and O–H groups in total. The van der Waals surface area contributed by atoms with Crippen LogP contribution in [0, 0.1) is 0 Å². The second-order valence-electron chi connectivity index (χ2n) is 7.09. The highest BCUT2D eigenvalue weighted by Crippen LogP contribution is 2.39. The number of carbonyl (C=O) groups is 2. The summed E-state index contributed by atoms with van der Waals surface area (Å²) < 4.78 is 11.6. The van der Waals surface area contributed by atoms with Crippen molar-refractivity contribution in [2.75, 3.05) is 26.1 Å². The van der Waals surface area contributed by atoms with Crippen molar-refractivity contribution in [3.63, 3.8) is 0 Å². The number of nitrogens with zero attached hydrogens (tertiary/aromatic N) is 1. The predicted octanol–water partition coefficient (Wildman–Crippen LogP) is 4.65. The van der Waals surface area contributed by atoms with Gasteiger partial charge in [0.2, 0.25) is 5.91 Å². The van der Waals surface area contributed by atoms with Gasteiger partial charge >= 0.3 is 0 Å². The number of anilines is 1. The molecule has 0 radical (unpaired) electrons. The molecular weight excluding hydrogens is 460 g/mol. The molecule has 0 saturated heterocycles. The summed E-state index contributed by atoms with van der Waals surface area (Å²) in [6, 6.07) is 19.9. The summed E-state index contributed by atoms with van der Waals surface area (Å²) in [5.74, 6) is 0.394. The van der Waals surface area contributed by atoms with E-state index in [4.69, 9.17) is 9.47 Å². The number of fused-ring (bicyclic) bond motifs is 1. The molecule has 2 amide bonds. The van der Waals surface area contributed by atoms with Crippen molar-refractivity contribution in [2.24, 2.45) is 0 Å². The molecule has 1 atom stereocenters. The van der Waals surface area contributed by atoms with E-state index in [0.29, 0.717) is 22.7 Å². The maximum atomic E-state index is 13.8. The molecule has 3 aromatic carbocycles. The van der Waals surface area contributed by atoms with Gasteiger partial charge < -0.3 is 19.7 Å². The summed E-state index contributed by atoms with van der Waals surface area (Å²) in [6.45, 7) is -0.0973. The lowest BCUT2D eigenvalue weighted by Crippen LogP contribution is -2.39. The minimum absolute atomic E-state index is 0.0973. The molecule has 31 heavy (non-hydrogen) atoms. The zero-order valence-corrected chi connectivity index (χ0v) is 18.7. The summed E-state index contributed by atoms with van der Waals surface area (Å²) in [5, 5.41) is 2.93. The van der Waals surface area contributed by atoms with Gasteiger partial charge in [0, 0.05) is 21.8 Å². The summed E-state index contributed by atoms with van der Waals surface area (Å²) in [7, 11) is 3.05. The van der Waals surface area contributed by atoms with Gasteiger partial charge in [0.05, 0.1) is 25.8 Å². The molecule has 3 aromatic rings. The Labute approximate surface area is 188 Å². The Morgan fingerprint density at radius 1 is 1.03 bits per heavy atom. The zero-order chi connectivity index (χ0) is 22.0. The number of rotatable bonds is 4. The van der Waals surface area contributed by atoms with Crippen molar-refractivity contribution < 1.29 is 19.1 Å². The van der Waals surface area contributed by atoms with Crippen LogP contribution in [0.5, 0.6) is 11.5 Å². The van der Waals surface area contributed by atoms with Crippen LogP contribution in [0.15, 0.2) is 71.2 Å². The Kier molecular flexibility index (Phi) is 5.95. The van der Waals surface area contributed by atoms with Gasteiger partial charge in [-0.25, -0.2) is 0 Å². The number of hydrogen-bond acceptors (Lipinski definition) is 4. The van der Waals surface area contributed by atoms with Crippen LogP contribution in [0.1, 0.15) is 27.5 Å². The Bertz CT molecular complexity index is 1130. The van der Waals surface area contributed by atoms with Crippen molar-refractivity contribution >= 4 is 33.4 Å². The lowest BCUT2D eigenvalue weighted by molar-refractivity contribution is -0.117. The van der Waals surface area contributed by atoms with E-state index in [9.17, 15) is 9.59 Å². The maximum Gasteiger partial charge on any atom is 0.258 e. The van der Waals surface area contributed by atoms with E-state index < -0.39 is 6.04 Å². The van der Waals surface area contributed by atoms with E-state index >= 15 is 0 Å². The Morgan fingerprint density at radius 2 is 1.81 bits per heavy atom. The molecule has 6 nitrogen and oxygen atoms in total. The molecule has 0 aromatic heterocycles. The van der Waals surface area contributed by atoms with Crippen LogP contribution in [0.3, 0.4) is 0 Å². The molecule has 4 rings (SSSR count). The molecule has 0 bridgehead atoms. The van der Waals surface area contributed by atoms with E-state index in [2.05, 4.69) is 21.2 Å². The third kappa shape index (κ3) is 4.14. The number of nitrogens with one attached hydrogen (secondary N) is 1. The van der Waals surface area contributed by atoms with Crippen molar-refractivity contribution in [1.29, 1.82) is 0 Å². The molecule has 0 spiro atoms. The van der Waals surface area contributed by atoms with Gasteiger partial charge in [-0.2, -0.15) is 0 Å². The van der Waals surface area contributed by atoms with Crippen LogP contribution in [0.25, 0.3) is 0 Å². The van der Waals surface area contributed by atoms with Gasteiger partial charge in [0.25, 0.3) is 5.91 Å². The fourth-order valence-electron chi connectivity index (χ4n) is 3.79. The smallest absolute Gasteiger partial charge is 0.258 e. The van der Waals surface area contributed by atoms with Crippen LogP contribution >= 0.6 is 15.9 Å². The van der Waals surface area contributed by atoms with Crippen molar-refractivity contribution in [3.8, 4) is 11.5 Å². The quantitative estimate of drug-likeness (QED) is 0.589. The first-order chi connectivity index (χ1) is 15.0. The van der Waals surface area contributed by atoms with Crippen molar-refractivity contribution in [3.05, 3.63) is 87.9 Å². The summed E-state index contributed by atoms with van der Waals surface area (Å²) >= 11 is 3.52. The average molecular weight is 481 g/mol. The standard InChI is InChI=1S/C24H21BrN2O4/c1-30-17-9-10-18(21(13-17)31-2)24(29)27-14-22(28)26-20-11-8-16(25)12-19(20)23(27)15-6-4-3-5-7-15/h3-13,23H,14H2,1-2H3,(H,26,28). The Balaban J connectivity index is 1.88. The highest BCUT2D eigenvalue weighted by Gasteiger charge is 2.35. The number of methoxy groups -OCH3 is 2. The maximum absolute atomic E-state index is 13.8. The fourth-order valence-corrected chi connectivity index (χ4v) is 4.17. The van der Waals surface area contributed by atoms with Crippen LogP contribution in [-0.4, -0.2) is 37.5 Å². The topological polar surface area (TPSA) is 67.9 Å². The number of hydrogen-bond donors (Lipinski definition) is 1. The largest absolute Gasteiger partial charge is 0.497 e. The first-order valence-corrected chi connectivity index (χ1v) is 10.5. The van der Waals surface area contributed by atoms with E-state index in [1.807, 2.05) is 48.5 Å². The number of ether oxygens (including phenoxy) is 2. The lowest BCUT2D eigenvalue weighted by atomic mass is 9.95. The van der Waals surface area contributed by atoms with Crippen LogP contribution in [0.4, 0.5) is 5.69 Å². The molecule has 158 valence electrons. The molecular formula is C24H21BrN2O4. The average Bonchev–Trinajstić information content (AvgIpc) is 2.94. The minimum atomic E-state index is -0.466. The second-order valence-corrected chi connectivity index (χ2v) is 8.01. The monoisotopic (exact) mass is 480 g/mol. The summed E-state index contributed by atoms with van der Waals surface area (Å²) in [5.41, 5.74) is 2.76. The van der Waals surface area contributed by atoms with E-state index in [1.54, 1.807) is 30.2 Å². The zero-order valence-electron chi connectivity index (χ0n) is 17.1. The van der Waals surface area contributed by atoms with Gasteiger partial charge in [-0.15, -0.1) is 0 Å². The molecule has 1 heterocycles. The van der Waals surface area contributed by atoms with Gasteiger partial charge in [-0.05, 0) is 35.9 Å². The highest BCUT2D eigenvalue weighted by molar-refractivity contribution is 9.10. The predicted molar refractivity (Wildman–Crippen MR) is 122 cm³/mol. The molecule has 1 aliphatic heterocycles. The lowest BCUT2D eigenvalue weighted by Gasteiger charge is -2.31. The summed E-state index contributed by atoms with van der Waals surface area (Å²) in [4.78, 5) is 28.1. The molecule has 1 unspecified atom stereocenters.